The van der Waals surface area contributed by atoms with Crippen LogP contribution in [0.15, 0.2) is 39.6 Å². The van der Waals surface area contributed by atoms with Gasteiger partial charge >= 0.3 is 0 Å². The molecular weight excluding hydrogens is 408 g/mol. The van der Waals surface area contributed by atoms with E-state index in [1.54, 1.807) is 27.8 Å². The highest BCUT2D eigenvalue weighted by Crippen LogP contribution is 2.44. The smallest absolute Gasteiger partial charge is 0.216 e. The summed E-state index contributed by atoms with van der Waals surface area (Å²) in [7, 11) is -4.55. The third-order valence-corrected chi connectivity index (χ3v) is 11.0. The molecule has 1 aromatic rings. The van der Waals surface area contributed by atoms with Gasteiger partial charge in [-0.3, -0.25) is 0 Å². The van der Waals surface area contributed by atoms with Gasteiger partial charge in [-0.1, -0.05) is 37.5 Å². The van der Waals surface area contributed by atoms with Crippen molar-refractivity contribution in [2.75, 3.05) is 19.4 Å². The van der Waals surface area contributed by atoms with Gasteiger partial charge in [-0.2, -0.15) is 0 Å². The lowest BCUT2D eigenvalue weighted by molar-refractivity contribution is -0.00730. The standard InChI is InChI=1S/C21H34N2O4S2/c1-20(2,3)29(25,26)23-19-15-27-21(14-10-6-9-13-18(19)21)16-28(24,22-4)17-11-7-5-8-12-17/h5,7-8,11-12,18-19,23H,6,9-10,13-16H2,1-4H3/t18-,19+,21+,28-/m0/s1. The number of nitrogens with one attached hydrogen (secondary N) is 1. The van der Waals surface area contributed by atoms with Gasteiger partial charge in [0.15, 0.2) is 0 Å². The molecule has 0 radical (unpaired) electrons. The van der Waals surface area contributed by atoms with Crippen LogP contribution in [0.25, 0.3) is 0 Å². The Bertz CT molecular complexity index is 931. The zero-order chi connectivity index (χ0) is 21.3. The lowest BCUT2D eigenvalue weighted by Gasteiger charge is -2.36. The molecule has 2 fully saturated rings. The van der Waals surface area contributed by atoms with E-state index in [1.165, 1.54) is 0 Å². The molecule has 0 aromatic heterocycles. The van der Waals surface area contributed by atoms with Gasteiger partial charge in [0, 0.05) is 17.9 Å². The second-order valence-electron chi connectivity index (χ2n) is 9.20. The highest BCUT2D eigenvalue weighted by molar-refractivity contribution is 7.93. The average Bonchev–Trinajstić information content (AvgIpc) is 2.85. The van der Waals surface area contributed by atoms with Crippen molar-refractivity contribution >= 4 is 19.8 Å². The van der Waals surface area contributed by atoms with Crippen LogP contribution in [0.3, 0.4) is 0 Å². The van der Waals surface area contributed by atoms with Gasteiger partial charge < -0.3 is 4.74 Å². The van der Waals surface area contributed by atoms with Crippen molar-refractivity contribution in [2.24, 2.45) is 10.3 Å². The Morgan fingerprint density at radius 1 is 1.14 bits per heavy atom. The molecule has 1 aliphatic carbocycles. The summed E-state index contributed by atoms with van der Waals surface area (Å²) in [6.45, 7) is 5.41. The van der Waals surface area contributed by atoms with Crippen LogP contribution in [-0.4, -0.2) is 48.4 Å². The maximum atomic E-state index is 13.8. The number of ether oxygens (including phenoxy) is 1. The van der Waals surface area contributed by atoms with Gasteiger partial charge in [-0.25, -0.2) is 21.7 Å². The molecule has 8 heteroatoms. The maximum absolute atomic E-state index is 13.8. The van der Waals surface area contributed by atoms with E-state index in [9.17, 15) is 12.6 Å². The van der Waals surface area contributed by atoms with Crippen LogP contribution in [0.4, 0.5) is 0 Å². The molecule has 164 valence electrons. The lowest BCUT2D eigenvalue weighted by atomic mass is 9.82. The molecule has 0 bridgehead atoms. The average molecular weight is 443 g/mol. The quantitative estimate of drug-likeness (QED) is 0.755. The van der Waals surface area contributed by atoms with E-state index < -0.39 is 30.1 Å². The van der Waals surface area contributed by atoms with E-state index in [2.05, 4.69) is 9.08 Å². The Balaban J connectivity index is 1.94. The van der Waals surface area contributed by atoms with Crippen LogP contribution >= 0.6 is 0 Å². The van der Waals surface area contributed by atoms with Crippen LogP contribution in [0.2, 0.25) is 0 Å². The van der Waals surface area contributed by atoms with Crippen molar-refractivity contribution in [3.8, 4) is 0 Å². The van der Waals surface area contributed by atoms with E-state index in [0.717, 1.165) is 32.1 Å². The topological polar surface area (TPSA) is 84.8 Å². The first-order chi connectivity index (χ1) is 13.5. The minimum atomic E-state index is -3.50. The van der Waals surface area contributed by atoms with Gasteiger partial charge in [-0.15, -0.1) is 0 Å². The van der Waals surface area contributed by atoms with Gasteiger partial charge in [-0.05, 0) is 45.7 Å². The number of benzene rings is 1. The normalized spacial score (nSPS) is 30.2. The highest BCUT2D eigenvalue weighted by Gasteiger charge is 2.53. The minimum absolute atomic E-state index is 0.00610. The van der Waals surface area contributed by atoms with Crippen LogP contribution < -0.4 is 4.72 Å². The molecule has 1 saturated carbocycles. The van der Waals surface area contributed by atoms with E-state index >= 15 is 0 Å². The zero-order valence-electron chi connectivity index (χ0n) is 17.9. The maximum Gasteiger partial charge on any atom is 0.216 e. The van der Waals surface area contributed by atoms with Crippen molar-refractivity contribution in [1.29, 1.82) is 0 Å². The first-order valence-corrected chi connectivity index (χ1v) is 13.5. The summed E-state index contributed by atoms with van der Waals surface area (Å²) < 4.78 is 52.1. The number of rotatable bonds is 5. The van der Waals surface area contributed by atoms with Gasteiger partial charge in [0.25, 0.3) is 0 Å². The predicted molar refractivity (Wildman–Crippen MR) is 117 cm³/mol. The zero-order valence-corrected chi connectivity index (χ0v) is 19.5. The van der Waals surface area contributed by atoms with Crippen LogP contribution in [0, 0.1) is 5.92 Å². The van der Waals surface area contributed by atoms with E-state index in [0.29, 0.717) is 17.3 Å². The van der Waals surface area contributed by atoms with Crippen LogP contribution in [0.1, 0.15) is 52.9 Å². The van der Waals surface area contributed by atoms with Gasteiger partial charge in [0.1, 0.15) is 0 Å². The summed E-state index contributed by atoms with van der Waals surface area (Å²) in [4.78, 5) is 0.710. The van der Waals surface area contributed by atoms with E-state index in [1.807, 2.05) is 30.3 Å². The lowest BCUT2D eigenvalue weighted by Crippen LogP contribution is -2.51. The summed E-state index contributed by atoms with van der Waals surface area (Å²) in [6.07, 6.45) is 4.74. The first kappa shape index (κ1) is 22.7. The molecule has 1 aromatic carbocycles. The fourth-order valence-corrected chi connectivity index (χ4v) is 7.64. The summed E-state index contributed by atoms with van der Waals surface area (Å²) in [5.41, 5.74) is -0.617. The SMILES string of the molecule is CN=[S@](=O)(C[C@]12CCCCC[C@H]1[C@H](NS(=O)(=O)C(C)(C)C)CO2)c1ccccc1. The molecule has 2 aliphatic rings. The largest absolute Gasteiger partial charge is 0.372 e. The molecule has 1 heterocycles. The molecule has 6 nitrogen and oxygen atoms in total. The second-order valence-corrected chi connectivity index (χ2v) is 14.1. The predicted octanol–water partition coefficient (Wildman–Crippen LogP) is 3.58. The molecule has 1 saturated heterocycles. The van der Waals surface area contributed by atoms with Crippen molar-refractivity contribution < 1.29 is 17.4 Å². The number of sulfonamides is 1. The van der Waals surface area contributed by atoms with Crippen LogP contribution in [0.5, 0.6) is 0 Å². The third kappa shape index (κ3) is 4.55. The number of fused-ring (bicyclic) bond motifs is 1. The Kier molecular flexibility index (Phi) is 6.49. The number of nitrogens with zero attached hydrogens (tertiary/aromatic N) is 1. The molecule has 4 atom stereocenters. The highest BCUT2D eigenvalue weighted by atomic mass is 32.2. The first-order valence-electron chi connectivity index (χ1n) is 10.4. The van der Waals surface area contributed by atoms with Gasteiger partial charge in [0.2, 0.25) is 10.0 Å². The second kappa shape index (κ2) is 8.29. The minimum Gasteiger partial charge on any atom is -0.372 e. The summed E-state index contributed by atoms with van der Waals surface area (Å²) in [5, 5.41) is 0. The monoisotopic (exact) mass is 442 g/mol. The van der Waals surface area contributed by atoms with E-state index in [4.69, 9.17) is 4.74 Å². The van der Waals surface area contributed by atoms with Crippen molar-refractivity contribution in [2.45, 2.75) is 74.2 Å². The Morgan fingerprint density at radius 2 is 1.83 bits per heavy atom. The van der Waals surface area contributed by atoms with Crippen molar-refractivity contribution in [3.63, 3.8) is 0 Å². The molecule has 0 spiro atoms. The Labute approximate surface area is 176 Å². The van der Waals surface area contributed by atoms with Crippen LogP contribution in [-0.2, 0) is 24.5 Å². The molecule has 1 aliphatic heterocycles. The molecule has 1 N–H and O–H groups in total. The molecule has 29 heavy (non-hydrogen) atoms. The van der Waals surface area contributed by atoms with E-state index in [-0.39, 0.29) is 12.0 Å². The summed E-state index contributed by atoms with van der Waals surface area (Å²) in [6, 6.07) is 9.05. The molecule has 0 amide bonds. The summed E-state index contributed by atoms with van der Waals surface area (Å²) in [5.74, 6) is 0.298. The number of hydrogen-bond acceptors (Lipinski definition) is 5. The summed E-state index contributed by atoms with van der Waals surface area (Å²) >= 11 is 0. The number of hydrogen-bond donors (Lipinski definition) is 1. The van der Waals surface area contributed by atoms with Crippen molar-refractivity contribution in [1.82, 2.24) is 4.72 Å². The van der Waals surface area contributed by atoms with Crippen molar-refractivity contribution in [3.05, 3.63) is 30.3 Å². The van der Waals surface area contributed by atoms with Gasteiger partial charge in [0.05, 0.1) is 38.5 Å². The fourth-order valence-electron chi connectivity index (χ4n) is 4.46. The third-order valence-electron chi connectivity index (χ3n) is 6.29. The fraction of sp³-hybridized carbons (Fsp3) is 0.714. The Hall–Kier alpha value is -0.960. The molecule has 0 unspecified atom stereocenters. The molecular formula is C21H34N2O4S2. The Morgan fingerprint density at radius 3 is 2.45 bits per heavy atom. The molecule has 3 rings (SSSR count).